The highest BCUT2D eigenvalue weighted by molar-refractivity contribution is 7.13. The third kappa shape index (κ3) is 4.79. The topological polar surface area (TPSA) is 90.0 Å². The molecule has 0 aliphatic heterocycles. The highest BCUT2D eigenvalue weighted by Gasteiger charge is 2.22. The molecule has 9 heteroatoms. The Morgan fingerprint density at radius 3 is 2.43 bits per heavy atom. The number of rotatable bonds is 8. The summed E-state index contributed by atoms with van der Waals surface area (Å²) in [6.45, 7) is 4.47. The number of carbonyl (C=O) groups excluding carboxylic acids is 2. The molecule has 0 aliphatic rings. The molecule has 8 nitrogen and oxygen atoms in total. The molecular weight excluding hydrogens is 382 g/mol. The number of amides is 2. The van der Waals surface area contributed by atoms with Crippen LogP contribution in [0, 0.1) is 13.8 Å². The normalized spacial score (nSPS) is 10.5. The Bertz CT molecular complexity index is 865. The van der Waals surface area contributed by atoms with Crippen molar-refractivity contribution in [2.24, 2.45) is 0 Å². The zero-order valence-electron chi connectivity index (χ0n) is 16.9. The van der Waals surface area contributed by atoms with E-state index in [0.29, 0.717) is 46.5 Å². The molecule has 1 heterocycles. The Balaban J connectivity index is 2.40. The van der Waals surface area contributed by atoms with E-state index in [9.17, 15) is 9.59 Å². The van der Waals surface area contributed by atoms with Crippen LogP contribution in [-0.2, 0) is 4.74 Å². The van der Waals surface area contributed by atoms with Crippen LogP contribution in [0.1, 0.15) is 30.7 Å². The Kier molecular flexibility index (Phi) is 7.36. The van der Waals surface area contributed by atoms with Crippen LogP contribution >= 0.6 is 11.3 Å². The predicted octanol–water partition coefficient (Wildman–Crippen LogP) is 2.75. The SMILES string of the molecule is COCCN(C)C(=O)c1cc(NC(=O)c2sc(C)nc2C)c(OC)c(OC)c1. The molecule has 0 atom stereocenters. The third-order valence-corrected chi connectivity index (χ3v) is 5.13. The lowest BCUT2D eigenvalue weighted by molar-refractivity contribution is 0.0743. The number of aryl methyl sites for hydroxylation is 2. The smallest absolute Gasteiger partial charge is 0.267 e. The lowest BCUT2D eigenvalue weighted by Crippen LogP contribution is -2.30. The maximum Gasteiger partial charge on any atom is 0.267 e. The molecule has 28 heavy (non-hydrogen) atoms. The van der Waals surface area contributed by atoms with Gasteiger partial charge in [-0.2, -0.15) is 0 Å². The molecule has 0 unspecified atom stereocenters. The van der Waals surface area contributed by atoms with Gasteiger partial charge >= 0.3 is 0 Å². The molecule has 1 aromatic heterocycles. The average Bonchev–Trinajstić information content (AvgIpc) is 3.02. The monoisotopic (exact) mass is 407 g/mol. The minimum atomic E-state index is -0.319. The van der Waals surface area contributed by atoms with Crippen molar-refractivity contribution in [1.82, 2.24) is 9.88 Å². The van der Waals surface area contributed by atoms with Crippen molar-refractivity contribution in [3.63, 3.8) is 0 Å². The fourth-order valence-corrected chi connectivity index (χ4v) is 3.47. The first-order valence-electron chi connectivity index (χ1n) is 8.58. The van der Waals surface area contributed by atoms with Crippen LogP contribution in [0.4, 0.5) is 5.69 Å². The Hall–Kier alpha value is -2.65. The van der Waals surface area contributed by atoms with E-state index in [1.54, 1.807) is 33.2 Å². The second-order valence-corrected chi connectivity index (χ2v) is 7.28. The van der Waals surface area contributed by atoms with E-state index in [1.807, 2.05) is 6.92 Å². The summed E-state index contributed by atoms with van der Waals surface area (Å²) in [5.41, 5.74) is 1.36. The maximum atomic E-state index is 12.7. The van der Waals surface area contributed by atoms with Crippen LogP contribution < -0.4 is 14.8 Å². The van der Waals surface area contributed by atoms with Gasteiger partial charge in [0.15, 0.2) is 11.5 Å². The summed E-state index contributed by atoms with van der Waals surface area (Å²) >= 11 is 1.31. The molecule has 1 N–H and O–H groups in total. The lowest BCUT2D eigenvalue weighted by atomic mass is 10.1. The van der Waals surface area contributed by atoms with Gasteiger partial charge in [0.2, 0.25) is 0 Å². The van der Waals surface area contributed by atoms with Crippen molar-refractivity contribution >= 4 is 28.8 Å². The number of likely N-dealkylation sites (N-methyl/N-ethyl adjacent to an activating group) is 1. The van der Waals surface area contributed by atoms with Crippen molar-refractivity contribution in [2.75, 3.05) is 46.8 Å². The first-order chi connectivity index (χ1) is 13.3. The predicted molar refractivity (Wildman–Crippen MR) is 108 cm³/mol. The van der Waals surface area contributed by atoms with E-state index in [2.05, 4.69) is 10.3 Å². The number of benzene rings is 1. The van der Waals surface area contributed by atoms with Crippen LogP contribution in [0.5, 0.6) is 11.5 Å². The van der Waals surface area contributed by atoms with E-state index >= 15 is 0 Å². The maximum absolute atomic E-state index is 12.7. The first kappa shape index (κ1) is 21.6. The fourth-order valence-electron chi connectivity index (χ4n) is 2.65. The number of thiazole rings is 1. The summed E-state index contributed by atoms with van der Waals surface area (Å²) in [5, 5.41) is 3.62. The number of aromatic nitrogens is 1. The molecule has 0 radical (unpaired) electrons. The second-order valence-electron chi connectivity index (χ2n) is 6.08. The van der Waals surface area contributed by atoms with Crippen molar-refractivity contribution in [3.8, 4) is 11.5 Å². The molecule has 0 spiro atoms. The average molecular weight is 407 g/mol. The van der Waals surface area contributed by atoms with E-state index in [4.69, 9.17) is 14.2 Å². The zero-order chi connectivity index (χ0) is 20.8. The van der Waals surface area contributed by atoms with E-state index in [0.717, 1.165) is 5.01 Å². The number of anilines is 1. The van der Waals surface area contributed by atoms with Crippen LogP contribution in [0.15, 0.2) is 12.1 Å². The van der Waals surface area contributed by atoms with Gasteiger partial charge in [-0.15, -0.1) is 11.3 Å². The molecule has 2 aromatic rings. The molecule has 2 rings (SSSR count). The van der Waals surface area contributed by atoms with E-state index < -0.39 is 0 Å². The highest BCUT2D eigenvalue weighted by atomic mass is 32.1. The number of carbonyl (C=O) groups is 2. The largest absolute Gasteiger partial charge is 0.493 e. The van der Waals surface area contributed by atoms with E-state index in [1.165, 1.54) is 30.5 Å². The number of hydrogen-bond acceptors (Lipinski definition) is 7. The van der Waals surface area contributed by atoms with Crippen LogP contribution in [0.25, 0.3) is 0 Å². The Morgan fingerprint density at radius 2 is 1.89 bits per heavy atom. The number of nitrogens with one attached hydrogen (secondary N) is 1. The summed E-state index contributed by atoms with van der Waals surface area (Å²) in [6.07, 6.45) is 0. The number of ether oxygens (including phenoxy) is 3. The quantitative estimate of drug-likeness (QED) is 0.724. The van der Waals surface area contributed by atoms with Crippen molar-refractivity contribution in [2.45, 2.75) is 13.8 Å². The molecule has 0 saturated heterocycles. The van der Waals surface area contributed by atoms with Crippen LogP contribution in [0.3, 0.4) is 0 Å². The molecule has 0 saturated carbocycles. The highest BCUT2D eigenvalue weighted by Crippen LogP contribution is 2.37. The van der Waals surface area contributed by atoms with Gasteiger partial charge in [0, 0.05) is 26.3 Å². The van der Waals surface area contributed by atoms with Gasteiger partial charge in [0.25, 0.3) is 11.8 Å². The van der Waals surface area contributed by atoms with Crippen LogP contribution in [-0.4, -0.2) is 63.2 Å². The van der Waals surface area contributed by atoms with E-state index in [-0.39, 0.29) is 11.8 Å². The molecule has 2 amide bonds. The summed E-state index contributed by atoms with van der Waals surface area (Å²) in [7, 11) is 6.20. The lowest BCUT2D eigenvalue weighted by Gasteiger charge is -2.19. The van der Waals surface area contributed by atoms with Gasteiger partial charge in [-0.3, -0.25) is 9.59 Å². The molecule has 0 bridgehead atoms. The van der Waals surface area contributed by atoms with Crippen molar-refractivity contribution in [1.29, 1.82) is 0 Å². The molecule has 152 valence electrons. The third-order valence-electron chi connectivity index (χ3n) is 4.06. The summed E-state index contributed by atoms with van der Waals surface area (Å²) in [6, 6.07) is 3.16. The summed E-state index contributed by atoms with van der Waals surface area (Å²) in [5.74, 6) is 0.144. The van der Waals surface area contributed by atoms with Gasteiger partial charge in [0.1, 0.15) is 4.88 Å². The first-order valence-corrected chi connectivity index (χ1v) is 9.39. The zero-order valence-corrected chi connectivity index (χ0v) is 17.7. The second kappa shape index (κ2) is 9.52. The fraction of sp³-hybridized carbons (Fsp3) is 0.421. The van der Waals surface area contributed by atoms with Crippen molar-refractivity contribution in [3.05, 3.63) is 33.3 Å². The minimum Gasteiger partial charge on any atom is -0.493 e. The molecule has 0 aliphatic carbocycles. The molecule has 1 aromatic carbocycles. The molecular formula is C19H25N3O5S. The minimum absolute atomic E-state index is 0.224. The van der Waals surface area contributed by atoms with Gasteiger partial charge in [-0.25, -0.2) is 4.98 Å². The number of nitrogens with zero attached hydrogens (tertiary/aromatic N) is 2. The van der Waals surface area contributed by atoms with Gasteiger partial charge in [0.05, 0.1) is 37.2 Å². The number of methoxy groups -OCH3 is 3. The van der Waals surface area contributed by atoms with Crippen LogP contribution in [0.2, 0.25) is 0 Å². The Morgan fingerprint density at radius 1 is 1.18 bits per heavy atom. The van der Waals surface area contributed by atoms with Gasteiger partial charge in [-0.1, -0.05) is 0 Å². The number of hydrogen-bond donors (Lipinski definition) is 1. The molecule has 0 fully saturated rings. The summed E-state index contributed by atoms with van der Waals surface area (Å²) < 4.78 is 15.8. The van der Waals surface area contributed by atoms with Gasteiger partial charge < -0.3 is 24.4 Å². The van der Waals surface area contributed by atoms with Crippen molar-refractivity contribution < 1.29 is 23.8 Å². The van der Waals surface area contributed by atoms with Gasteiger partial charge in [-0.05, 0) is 26.0 Å². The summed E-state index contributed by atoms with van der Waals surface area (Å²) in [4.78, 5) is 31.8. The standard InChI is InChI=1S/C19H25N3O5S/c1-11-17(28-12(2)20-11)18(23)21-14-9-13(10-15(26-5)16(14)27-6)19(24)22(3)7-8-25-4/h9-10H,7-8H2,1-6H3,(H,21,23). The Labute approximate surface area is 168 Å².